The standard InChI is InChI=1S/C20H28N4O4S/c25-29(26,23-13-15-27-16-14-23)24-12-5-4-10-18(24)20-21-19(22-28-20)11-6-9-17-7-2-1-3-8-17/h1-3,7-8,18H,4-6,9-16H2. The molecule has 3 heterocycles. The largest absolute Gasteiger partial charge is 0.379 e. The van der Waals surface area contributed by atoms with Gasteiger partial charge in [-0.1, -0.05) is 41.9 Å². The van der Waals surface area contributed by atoms with Crippen molar-refractivity contribution in [3.05, 3.63) is 47.6 Å². The van der Waals surface area contributed by atoms with E-state index in [9.17, 15) is 8.42 Å². The predicted molar refractivity (Wildman–Crippen MR) is 107 cm³/mol. The lowest BCUT2D eigenvalue weighted by Crippen LogP contribution is -2.50. The summed E-state index contributed by atoms with van der Waals surface area (Å²) in [7, 11) is -3.57. The lowest BCUT2D eigenvalue weighted by atomic mass is 10.1. The Kier molecular flexibility index (Phi) is 6.59. The Hall–Kier alpha value is -1.81. The molecule has 0 spiro atoms. The first-order chi connectivity index (χ1) is 14.1. The van der Waals surface area contributed by atoms with E-state index >= 15 is 0 Å². The molecule has 8 nitrogen and oxygen atoms in total. The highest BCUT2D eigenvalue weighted by atomic mass is 32.2. The minimum atomic E-state index is -3.57. The van der Waals surface area contributed by atoms with Gasteiger partial charge in [-0.2, -0.15) is 22.0 Å². The molecule has 0 saturated carbocycles. The molecule has 4 rings (SSSR count). The third kappa shape index (κ3) is 4.85. The molecular weight excluding hydrogens is 392 g/mol. The second kappa shape index (κ2) is 9.34. The molecule has 158 valence electrons. The summed E-state index contributed by atoms with van der Waals surface area (Å²) in [6.45, 7) is 2.13. The van der Waals surface area contributed by atoms with Gasteiger partial charge in [-0.05, 0) is 31.2 Å². The van der Waals surface area contributed by atoms with Gasteiger partial charge in [-0.3, -0.25) is 0 Å². The Balaban J connectivity index is 1.42. The van der Waals surface area contributed by atoms with Crippen LogP contribution < -0.4 is 0 Å². The molecule has 1 unspecified atom stereocenters. The molecule has 1 aromatic heterocycles. The number of aromatic nitrogens is 2. The quantitative estimate of drug-likeness (QED) is 0.683. The molecule has 0 aliphatic carbocycles. The minimum Gasteiger partial charge on any atom is -0.379 e. The molecule has 1 atom stereocenters. The van der Waals surface area contributed by atoms with Crippen LogP contribution in [0.25, 0.3) is 0 Å². The van der Waals surface area contributed by atoms with Crippen LogP contribution in [0.5, 0.6) is 0 Å². The second-order valence-electron chi connectivity index (χ2n) is 7.53. The van der Waals surface area contributed by atoms with Crippen LogP contribution in [0, 0.1) is 0 Å². The first-order valence-corrected chi connectivity index (χ1v) is 11.8. The summed E-state index contributed by atoms with van der Waals surface area (Å²) < 4.78 is 40.2. The van der Waals surface area contributed by atoms with Crippen LogP contribution >= 0.6 is 0 Å². The number of hydrogen-bond donors (Lipinski definition) is 0. The van der Waals surface area contributed by atoms with Gasteiger partial charge < -0.3 is 9.26 Å². The molecule has 29 heavy (non-hydrogen) atoms. The molecule has 1 aromatic carbocycles. The van der Waals surface area contributed by atoms with E-state index in [-0.39, 0.29) is 6.04 Å². The Morgan fingerprint density at radius 2 is 1.83 bits per heavy atom. The van der Waals surface area contributed by atoms with Crippen LogP contribution in [0.4, 0.5) is 0 Å². The molecule has 2 aliphatic rings. The molecule has 2 saturated heterocycles. The maximum absolute atomic E-state index is 13.2. The number of hydrogen-bond acceptors (Lipinski definition) is 6. The van der Waals surface area contributed by atoms with Crippen LogP contribution in [-0.4, -0.2) is 60.0 Å². The molecule has 0 amide bonds. The molecular formula is C20H28N4O4S. The molecule has 2 fully saturated rings. The van der Waals surface area contributed by atoms with Crippen LogP contribution in [0.1, 0.15) is 49.0 Å². The Morgan fingerprint density at radius 3 is 2.62 bits per heavy atom. The van der Waals surface area contributed by atoms with E-state index < -0.39 is 10.2 Å². The number of nitrogens with zero attached hydrogens (tertiary/aromatic N) is 4. The van der Waals surface area contributed by atoms with Gasteiger partial charge in [0.15, 0.2) is 5.82 Å². The highest BCUT2D eigenvalue weighted by Crippen LogP contribution is 2.33. The van der Waals surface area contributed by atoms with Gasteiger partial charge in [0.2, 0.25) is 5.89 Å². The maximum atomic E-state index is 13.2. The van der Waals surface area contributed by atoms with Crippen molar-refractivity contribution in [3.8, 4) is 0 Å². The van der Waals surface area contributed by atoms with Crippen molar-refractivity contribution in [1.82, 2.24) is 18.8 Å². The van der Waals surface area contributed by atoms with Crippen molar-refractivity contribution in [1.29, 1.82) is 0 Å². The van der Waals surface area contributed by atoms with Crippen molar-refractivity contribution in [2.75, 3.05) is 32.8 Å². The van der Waals surface area contributed by atoms with Crippen molar-refractivity contribution < 1.29 is 17.7 Å². The van der Waals surface area contributed by atoms with E-state index in [0.717, 1.165) is 25.7 Å². The fourth-order valence-corrected chi connectivity index (χ4v) is 5.74. The minimum absolute atomic E-state index is 0.382. The zero-order chi connectivity index (χ0) is 20.1. The highest BCUT2D eigenvalue weighted by molar-refractivity contribution is 7.86. The zero-order valence-corrected chi connectivity index (χ0v) is 17.4. The summed E-state index contributed by atoms with van der Waals surface area (Å²) in [5.74, 6) is 1.06. The Labute approximate surface area is 172 Å². The molecule has 2 aliphatic heterocycles. The second-order valence-corrected chi connectivity index (χ2v) is 9.41. The SMILES string of the molecule is O=S(=O)(N1CCOCC1)N1CCCCC1c1nc(CCCc2ccccc2)no1. The van der Waals surface area contributed by atoms with Gasteiger partial charge in [0.25, 0.3) is 10.2 Å². The van der Waals surface area contributed by atoms with Gasteiger partial charge in [-0.15, -0.1) is 0 Å². The van der Waals surface area contributed by atoms with Gasteiger partial charge in [0.05, 0.1) is 13.2 Å². The monoisotopic (exact) mass is 420 g/mol. The Morgan fingerprint density at radius 1 is 1.03 bits per heavy atom. The van der Waals surface area contributed by atoms with Crippen molar-refractivity contribution in [2.24, 2.45) is 0 Å². The van der Waals surface area contributed by atoms with Gasteiger partial charge in [-0.25, -0.2) is 0 Å². The first kappa shape index (κ1) is 20.5. The van der Waals surface area contributed by atoms with Crippen molar-refractivity contribution >= 4 is 10.2 Å². The average Bonchev–Trinajstić information content (AvgIpc) is 3.24. The third-order valence-electron chi connectivity index (χ3n) is 5.52. The van der Waals surface area contributed by atoms with Crippen LogP contribution in [-0.2, 0) is 27.8 Å². The molecule has 0 radical (unpaired) electrons. The van der Waals surface area contributed by atoms with Crippen LogP contribution in [0.3, 0.4) is 0 Å². The number of benzene rings is 1. The molecule has 0 N–H and O–H groups in total. The van der Waals surface area contributed by atoms with E-state index in [1.807, 2.05) is 18.2 Å². The van der Waals surface area contributed by atoms with Gasteiger partial charge in [0, 0.05) is 26.1 Å². The number of rotatable bonds is 7. The van der Waals surface area contributed by atoms with E-state index in [0.29, 0.717) is 57.4 Å². The van der Waals surface area contributed by atoms with Gasteiger partial charge >= 0.3 is 0 Å². The number of ether oxygens (including phenoxy) is 1. The van der Waals surface area contributed by atoms with Crippen molar-refractivity contribution in [2.45, 2.75) is 44.6 Å². The Bertz CT molecular complexity index is 881. The summed E-state index contributed by atoms with van der Waals surface area (Å²) in [5, 5.41) is 4.11. The lowest BCUT2D eigenvalue weighted by molar-refractivity contribution is 0.0674. The zero-order valence-electron chi connectivity index (χ0n) is 16.6. The molecule has 9 heteroatoms. The van der Waals surface area contributed by atoms with Crippen LogP contribution in [0.15, 0.2) is 34.9 Å². The predicted octanol–water partition coefficient (Wildman–Crippen LogP) is 2.35. The first-order valence-electron chi connectivity index (χ1n) is 10.4. The van der Waals surface area contributed by atoms with E-state index in [4.69, 9.17) is 9.26 Å². The molecule has 2 aromatic rings. The number of piperidine rings is 1. The average molecular weight is 421 g/mol. The summed E-state index contributed by atoms with van der Waals surface area (Å²) >= 11 is 0. The van der Waals surface area contributed by atoms with E-state index in [2.05, 4.69) is 22.3 Å². The fraction of sp³-hybridized carbons (Fsp3) is 0.600. The van der Waals surface area contributed by atoms with Crippen LogP contribution in [0.2, 0.25) is 0 Å². The molecule has 0 bridgehead atoms. The highest BCUT2D eigenvalue weighted by Gasteiger charge is 2.40. The van der Waals surface area contributed by atoms with Crippen molar-refractivity contribution in [3.63, 3.8) is 0 Å². The summed E-state index contributed by atoms with van der Waals surface area (Å²) in [4.78, 5) is 4.55. The lowest BCUT2D eigenvalue weighted by Gasteiger charge is -2.37. The topological polar surface area (TPSA) is 88.8 Å². The summed E-state index contributed by atoms with van der Waals surface area (Å²) in [6.07, 6.45) is 5.08. The number of morpholine rings is 1. The summed E-state index contributed by atoms with van der Waals surface area (Å²) in [6, 6.07) is 9.92. The van der Waals surface area contributed by atoms with Gasteiger partial charge in [0.1, 0.15) is 6.04 Å². The maximum Gasteiger partial charge on any atom is 0.282 e. The smallest absolute Gasteiger partial charge is 0.282 e. The van der Waals surface area contributed by atoms with E-state index in [1.54, 1.807) is 4.31 Å². The normalized spacial score (nSPS) is 22.0. The fourth-order valence-electron chi connectivity index (χ4n) is 3.95. The number of aryl methyl sites for hydroxylation is 2. The summed E-state index contributed by atoms with van der Waals surface area (Å²) in [5.41, 5.74) is 1.28. The third-order valence-corrected chi connectivity index (χ3v) is 7.57. The van der Waals surface area contributed by atoms with E-state index in [1.165, 1.54) is 9.87 Å².